The molecule has 0 saturated carbocycles. The quantitative estimate of drug-likeness (QED) is 0.461. The number of nitrogens with zero attached hydrogens (tertiary/aromatic N) is 3. The molecule has 1 aromatic carbocycles. The summed E-state index contributed by atoms with van der Waals surface area (Å²) in [5.74, 6) is 0.412. The summed E-state index contributed by atoms with van der Waals surface area (Å²) in [4.78, 5) is 28.8. The monoisotopic (exact) mass is 259 g/mol. The fraction of sp³-hybridized carbons (Fsp3) is 0.0833. The Bertz CT molecular complexity index is 601. The van der Waals surface area contributed by atoms with Gasteiger partial charge in [0.15, 0.2) is 11.6 Å². The first-order valence-corrected chi connectivity index (χ1v) is 5.33. The van der Waals surface area contributed by atoms with Crippen LogP contribution in [0.25, 0.3) is 0 Å². The van der Waals surface area contributed by atoms with Gasteiger partial charge in [-0.3, -0.25) is 14.9 Å². The number of nitro benzene ring substituents is 1. The molecule has 96 valence electrons. The van der Waals surface area contributed by atoms with Crippen LogP contribution in [0.15, 0.2) is 36.7 Å². The van der Waals surface area contributed by atoms with Gasteiger partial charge in [-0.05, 0) is 18.2 Å². The maximum atomic E-state index is 10.8. The van der Waals surface area contributed by atoms with Gasteiger partial charge in [0.1, 0.15) is 12.9 Å². The van der Waals surface area contributed by atoms with Crippen molar-refractivity contribution in [3.8, 4) is 5.75 Å². The van der Waals surface area contributed by atoms with Crippen molar-refractivity contribution in [2.45, 2.75) is 6.61 Å². The molecule has 2 rings (SSSR count). The highest BCUT2D eigenvalue weighted by atomic mass is 16.6. The van der Waals surface area contributed by atoms with Crippen molar-refractivity contribution < 1.29 is 14.5 Å². The number of rotatable bonds is 5. The molecule has 1 heterocycles. The van der Waals surface area contributed by atoms with E-state index in [4.69, 9.17) is 4.74 Å². The van der Waals surface area contributed by atoms with Crippen molar-refractivity contribution >= 4 is 12.0 Å². The Kier molecular flexibility index (Phi) is 3.77. The number of ether oxygens (including phenoxy) is 1. The Morgan fingerprint density at radius 3 is 2.68 bits per heavy atom. The van der Waals surface area contributed by atoms with E-state index < -0.39 is 4.92 Å². The molecule has 0 bridgehead atoms. The van der Waals surface area contributed by atoms with Gasteiger partial charge < -0.3 is 4.74 Å². The van der Waals surface area contributed by atoms with E-state index in [9.17, 15) is 14.9 Å². The molecule has 0 aliphatic rings. The molecule has 0 N–H and O–H groups in total. The van der Waals surface area contributed by atoms with E-state index >= 15 is 0 Å². The highest BCUT2D eigenvalue weighted by Gasteiger charge is 2.16. The SMILES string of the molecule is O=Cc1ccc([N+](=O)[O-])c(OCc2ncccn2)c1. The van der Waals surface area contributed by atoms with Gasteiger partial charge in [-0.1, -0.05) is 0 Å². The highest BCUT2D eigenvalue weighted by Crippen LogP contribution is 2.27. The standard InChI is InChI=1S/C12H9N3O4/c16-7-9-2-3-10(15(17)18)11(6-9)19-8-12-13-4-1-5-14-12/h1-7H,8H2. The van der Waals surface area contributed by atoms with Crippen LogP contribution in [0.5, 0.6) is 5.75 Å². The zero-order valence-corrected chi connectivity index (χ0v) is 9.72. The third-order valence-corrected chi connectivity index (χ3v) is 2.29. The lowest BCUT2D eigenvalue weighted by Crippen LogP contribution is -2.03. The summed E-state index contributed by atoms with van der Waals surface area (Å²) in [6, 6.07) is 5.55. The topological polar surface area (TPSA) is 95.2 Å². The lowest BCUT2D eigenvalue weighted by Gasteiger charge is -2.06. The maximum absolute atomic E-state index is 10.8. The number of hydrogen-bond donors (Lipinski definition) is 0. The van der Waals surface area contributed by atoms with Gasteiger partial charge >= 0.3 is 5.69 Å². The van der Waals surface area contributed by atoms with Gasteiger partial charge in [-0.2, -0.15) is 0 Å². The Balaban J connectivity index is 2.22. The fourth-order valence-corrected chi connectivity index (χ4v) is 1.42. The predicted octanol–water partition coefficient (Wildman–Crippen LogP) is 1.78. The van der Waals surface area contributed by atoms with Crippen molar-refractivity contribution in [1.82, 2.24) is 9.97 Å². The average molecular weight is 259 g/mol. The van der Waals surface area contributed by atoms with Crippen LogP contribution < -0.4 is 4.74 Å². The lowest BCUT2D eigenvalue weighted by molar-refractivity contribution is -0.386. The van der Waals surface area contributed by atoms with Crippen LogP contribution in [-0.2, 0) is 6.61 Å². The molecule has 0 spiro atoms. The largest absolute Gasteiger partial charge is 0.479 e. The number of hydrogen-bond acceptors (Lipinski definition) is 6. The van der Waals surface area contributed by atoms with Crippen LogP contribution in [-0.4, -0.2) is 21.2 Å². The minimum atomic E-state index is -0.574. The number of nitro groups is 1. The predicted molar refractivity (Wildman–Crippen MR) is 64.8 cm³/mol. The Hall–Kier alpha value is -2.83. The molecule has 1 aromatic heterocycles. The number of aldehydes is 1. The molecule has 7 heteroatoms. The number of carbonyl (C=O) groups is 1. The van der Waals surface area contributed by atoms with Crippen molar-refractivity contribution in [3.63, 3.8) is 0 Å². The summed E-state index contributed by atoms with van der Waals surface area (Å²) in [6.07, 6.45) is 3.68. The first-order valence-electron chi connectivity index (χ1n) is 5.33. The molecule has 0 aliphatic heterocycles. The molecule has 0 radical (unpaired) electrons. The summed E-state index contributed by atoms with van der Waals surface area (Å²) in [5.41, 5.74) is 0.0936. The minimum absolute atomic E-state index is 0.00993. The summed E-state index contributed by atoms with van der Waals surface area (Å²) in [6.45, 7) is -0.00993. The third-order valence-electron chi connectivity index (χ3n) is 2.29. The molecule has 0 saturated heterocycles. The van der Waals surface area contributed by atoms with E-state index in [1.165, 1.54) is 18.2 Å². The molecule has 0 fully saturated rings. The molecule has 19 heavy (non-hydrogen) atoms. The molecular weight excluding hydrogens is 250 g/mol. The fourth-order valence-electron chi connectivity index (χ4n) is 1.42. The Morgan fingerprint density at radius 2 is 2.05 bits per heavy atom. The van der Waals surface area contributed by atoms with Crippen molar-refractivity contribution in [2.24, 2.45) is 0 Å². The van der Waals surface area contributed by atoms with Gasteiger partial charge in [-0.15, -0.1) is 0 Å². The van der Waals surface area contributed by atoms with Crippen LogP contribution in [0.3, 0.4) is 0 Å². The number of aromatic nitrogens is 2. The van der Waals surface area contributed by atoms with E-state index in [-0.39, 0.29) is 18.0 Å². The Labute approximate surface area is 108 Å². The lowest BCUT2D eigenvalue weighted by atomic mass is 10.2. The summed E-state index contributed by atoms with van der Waals surface area (Å²) < 4.78 is 5.30. The van der Waals surface area contributed by atoms with E-state index in [0.29, 0.717) is 17.7 Å². The van der Waals surface area contributed by atoms with Crippen molar-refractivity contribution in [1.29, 1.82) is 0 Å². The summed E-state index contributed by atoms with van der Waals surface area (Å²) >= 11 is 0. The van der Waals surface area contributed by atoms with Crippen LogP contribution in [0.2, 0.25) is 0 Å². The zero-order valence-electron chi connectivity index (χ0n) is 9.72. The second-order valence-electron chi connectivity index (χ2n) is 3.56. The minimum Gasteiger partial charge on any atom is -0.479 e. The van der Waals surface area contributed by atoms with Crippen LogP contribution in [0.1, 0.15) is 16.2 Å². The van der Waals surface area contributed by atoms with Crippen molar-refractivity contribution in [2.75, 3.05) is 0 Å². The second-order valence-corrected chi connectivity index (χ2v) is 3.56. The van der Waals surface area contributed by atoms with Gasteiger partial charge in [0.2, 0.25) is 0 Å². The highest BCUT2D eigenvalue weighted by molar-refractivity contribution is 5.76. The summed E-state index contributed by atoms with van der Waals surface area (Å²) in [5, 5.41) is 10.8. The molecule has 0 unspecified atom stereocenters. The van der Waals surface area contributed by atoms with Crippen LogP contribution in [0.4, 0.5) is 5.69 Å². The number of benzene rings is 1. The number of carbonyl (C=O) groups excluding carboxylic acids is 1. The average Bonchev–Trinajstić information content (AvgIpc) is 2.45. The van der Waals surface area contributed by atoms with E-state index in [0.717, 1.165) is 0 Å². The normalized spacial score (nSPS) is 9.89. The van der Waals surface area contributed by atoms with Gasteiger partial charge in [0.25, 0.3) is 0 Å². The van der Waals surface area contributed by atoms with E-state index in [1.54, 1.807) is 18.5 Å². The molecule has 0 atom stereocenters. The van der Waals surface area contributed by atoms with Crippen LogP contribution in [0, 0.1) is 10.1 Å². The molecule has 7 nitrogen and oxygen atoms in total. The second kappa shape index (κ2) is 5.67. The first-order chi connectivity index (χ1) is 9.20. The van der Waals surface area contributed by atoms with Crippen molar-refractivity contribution in [3.05, 3.63) is 58.2 Å². The Morgan fingerprint density at radius 1 is 1.32 bits per heavy atom. The maximum Gasteiger partial charge on any atom is 0.310 e. The third kappa shape index (κ3) is 3.09. The zero-order chi connectivity index (χ0) is 13.7. The molecular formula is C12H9N3O4. The molecule has 0 aliphatic carbocycles. The first kappa shape index (κ1) is 12.6. The van der Waals surface area contributed by atoms with Gasteiger partial charge in [0.05, 0.1) is 4.92 Å². The van der Waals surface area contributed by atoms with E-state index in [1.807, 2.05) is 0 Å². The van der Waals surface area contributed by atoms with Gasteiger partial charge in [-0.25, -0.2) is 9.97 Å². The van der Waals surface area contributed by atoms with Crippen LogP contribution >= 0.6 is 0 Å². The molecule has 0 amide bonds. The molecule has 2 aromatic rings. The smallest absolute Gasteiger partial charge is 0.310 e. The summed E-state index contributed by atoms with van der Waals surface area (Å²) in [7, 11) is 0. The van der Waals surface area contributed by atoms with E-state index in [2.05, 4.69) is 9.97 Å². The van der Waals surface area contributed by atoms with Gasteiger partial charge in [0, 0.05) is 24.0 Å².